The second-order valence-corrected chi connectivity index (χ2v) is 6.67. The molecule has 0 spiro atoms. The summed E-state index contributed by atoms with van der Waals surface area (Å²) in [6, 6.07) is 23.2. The molecule has 0 aliphatic rings. The molecule has 0 amide bonds. The van der Waals surface area contributed by atoms with Crippen LogP contribution in [0.25, 0.3) is 22.8 Å². The van der Waals surface area contributed by atoms with Gasteiger partial charge in [0, 0.05) is 16.1 Å². The maximum Gasteiger partial charge on any atom is 0.258 e. The van der Waals surface area contributed by atoms with Crippen LogP contribution in [-0.2, 0) is 6.61 Å². The molecule has 0 radical (unpaired) electrons. The summed E-state index contributed by atoms with van der Waals surface area (Å²) >= 11 is 5.92. The van der Waals surface area contributed by atoms with Crippen molar-refractivity contribution >= 4 is 11.6 Å². The highest BCUT2D eigenvalue weighted by atomic mass is 35.5. The molecule has 0 aliphatic heterocycles. The highest BCUT2D eigenvalue weighted by Gasteiger charge is 2.11. The summed E-state index contributed by atoms with van der Waals surface area (Å²) in [5.74, 6) is 1.72. The minimum atomic E-state index is 0.452. The first kappa shape index (κ1) is 17.3. The molecule has 134 valence electrons. The number of nitrogens with zero attached hydrogens (tertiary/aromatic N) is 2. The number of ether oxygens (including phenoxy) is 1. The van der Waals surface area contributed by atoms with Gasteiger partial charge < -0.3 is 9.26 Å². The van der Waals surface area contributed by atoms with E-state index in [0.29, 0.717) is 23.3 Å². The highest BCUT2D eigenvalue weighted by molar-refractivity contribution is 6.30. The fourth-order valence-corrected chi connectivity index (χ4v) is 2.75. The molecule has 3 aromatic carbocycles. The molecule has 0 N–H and O–H groups in total. The largest absolute Gasteiger partial charge is 0.489 e. The lowest BCUT2D eigenvalue weighted by Gasteiger charge is -2.07. The smallest absolute Gasteiger partial charge is 0.258 e. The number of rotatable bonds is 5. The Hall–Kier alpha value is -3.11. The molecule has 0 bridgehead atoms. The topological polar surface area (TPSA) is 48.2 Å². The maximum atomic E-state index is 5.92. The number of benzene rings is 3. The van der Waals surface area contributed by atoms with Crippen LogP contribution in [0.4, 0.5) is 0 Å². The predicted molar refractivity (Wildman–Crippen MR) is 106 cm³/mol. The Morgan fingerprint density at radius 2 is 1.70 bits per heavy atom. The van der Waals surface area contributed by atoms with Gasteiger partial charge in [0.2, 0.25) is 5.82 Å². The molecule has 0 saturated carbocycles. The van der Waals surface area contributed by atoms with Crippen molar-refractivity contribution in [1.82, 2.24) is 10.1 Å². The fourth-order valence-electron chi connectivity index (χ4n) is 2.63. The van der Waals surface area contributed by atoms with Crippen molar-refractivity contribution in [3.8, 4) is 28.6 Å². The van der Waals surface area contributed by atoms with Crippen LogP contribution in [0, 0.1) is 6.92 Å². The summed E-state index contributed by atoms with van der Waals surface area (Å²) in [7, 11) is 0. The molecule has 0 atom stereocenters. The zero-order valence-corrected chi connectivity index (χ0v) is 15.5. The first-order valence-corrected chi connectivity index (χ1v) is 8.93. The summed E-state index contributed by atoms with van der Waals surface area (Å²) < 4.78 is 11.3. The Kier molecular flexibility index (Phi) is 4.90. The van der Waals surface area contributed by atoms with Crippen molar-refractivity contribution in [2.45, 2.75) is 13.5 Å². The van der Waals surface area contributed by atoms with Gasteiger partial charge in [-0.3, -0.25) is 0 Å². The van der Waals surface area contributed by atoms with Crippen LogP contribution in [0.1, 0.15) is 11.1 Å². The summed E-state index contributed by atoms with van der Waals surface area (Å²) in [6.45, 7) is 2.57. The Labute approximate surface area is 162 Å². The van der Waals surface area contributed by atoms with Gasteiger partial charge in [-0.15, -0.1) is 0 Å². The summed E-state index contributed by atoms with van der Waals surface area (Å²) in [6.07, 6.45) is 0. The van der Waals surface area contributed by atoms with E-state index in [2.05, 4.69) is 41.3 Å². The third-order valence-electron chi connectivity index (χ3n) is 4.14. The van der Waals surface area contributed by atoms with Crippen LogP contribution in [0.2, 0.25) is 5.02 Å². The van der Waals surface area contributed by atoms with Crippen LogP contribution >= 0.6 is 11.6 Å². The lowest BCUT2D eigenvalue weighted by molar-refractivity contribution is 0.306. The van der Waals surface area contributed by atoms with Gasteiger partial charge in [0.25, 0.3) is 5.89 Å². The average molecular weight is 377 g/mol. The molecule has 0 saturated heterocycles. The van der Waals surface area contributed by atoms with E-state index >= 15 is 0 Å². The van der Waals surface area contributed by atoms with E-state index in [1.807, 2.05) is 36.4 Å². The summed E-state index contributed by atoms with van der Waals surface area (Å²) in [5.41, 5.74) is 4.01. The number of hydrogen-bond donors (Lipinski definition) is 0. The first-order valence-electron chi connectivity index (χ1n) is 8.56. The molecular formula is C22H17ClN2O2. The lowest BCUT2D eigenvalue weighted by Crippen LogP contribution is -1.95. The molecule has 5 heteroatoms. The van der Waals surface area contributed by atoms with Gasteiger partial charge in [-0.1, -0.05) is 58.7 Å². The van der Waals surface area contributed by atoms with Crippen molar-refractivity contribution in [1.29, 1.82) is 0 Å². The SMILES string of the molecule is Cc1ccc(COc2cccc(-c3noc(-c4ccc(Cl)cc4)n3)c2)cc1. The third kappa shape index (κ3) is 4.18. The van der Waals surface area contributed by atoms with E-state index in [9.17, 15) is 0 Å². The number of hydrogen-bond acceptors (Lipinski definition) is 4. The van der Waals surface area contributed by atoms with Gasteiger partial charge >= 0.3 is 0 Å². The molecule has 1 heterocycles. The van der Waals surface area contributed by atoms with Crippen LogP contribution in [0.5, 0.6) is 5.75 Å². The molecule has 0 aliphatic carbocycles. The Morgan fingerprint density at radius 3 is 2.48 bits per heavy atom. The first-order chi connectivity index (χ1) is 13.2. The van der Waals surface area contributed by atoms with Crippen molar-refractivity contribution in [3.05, 3.63) is 88.9 Å². The predicted octanol–water partition coefficient (Wildman–Crippen LogP) is 5.94. The second kappa shape index (κ2) is 7.64. The van der Waals surface area contributed by atoms with Crippen molar-refractivity contribution in [2.75, 3.05) is 0 Å². The lowest BCUT2D eigenvalue weighted by atomic mass is 10.1. The van der Waals surface area contributed by atoms with Gasteiger partial charge in [0.05, 0.1) is 0 Å². The Balaban J connectivity index is 1.50. The minimum Gasteiger partial charge on any atom is -0.489 e. The molecule has 27 heavy (non-hydrogen) atoms. The van der Waals surface area contributed by atoms with Gasteiger partial charge in [0.15, 0.2) is 0 Å². The number of halogens is 1. The van der Waals surface area contributed by atoms with E-state index < -0.39 is 0 Å². The number of aryl methyl sites for hydroxylation is 1. The van der Waals surface area contributed by atoms with E-state index in [0.717, 1.165) is 22.4 Å². The quantitative estimate of drug-likeness (QED) is 0.432. The average Bonchev–Trinajstić information content (AvgIpc) is 3.19. The molecule has 0 unspecified atom stereocenters. The summed E-state index contributed by atoms with van der Waals surface area (Å²) in [4.78, 5) is 4.47. The van der Waals surface area contributed by atoms with Gasteiger partial charge in [-0.05, 0) is 48.9 Å². The zero-order valence-electron chi connectivity index (χ0n) is 14.7. The monoisotopic (exact) mass is 376 g/mol. The van der Waals surface area contributed by atoms with Crippen molar-refractivity contribution in [2.24, 2.45) is 0 Å². The molecule has 4 aromatic rings. The van der Waals surface area contributed by atoms with Gasteiger partial charge in [-0.2, -0.15) is 4.98 Å². The van der Waals surface area contributed by atoms with E-state index in [-0.39, 0.29) is 0 Å². The van der Waals surface area contributed by atoms with Crippen molar-refractivity contribution in [3.63, 3.8) is 0 Å². The van der Waals surface area contributed by atoms with Gasteiger partial charge in [0.1, 0.15) is 12.4 Å². The van der Waals surface area contributed by atoms with Crippen molar-refractivity contribution < 1.29 is 9.26 Å². The Bertz CT molecular complexity index is 1040. The minimum absolute atomic E-state index is 0.452. The van der Waals surface area contributed by atoms with E-state index in [1.54, 1.807) is 12.1 Å². The molecule has 4 nitrogen and oxygen atoms in total. The summed E-state index contributed by atoms with van der Waals surface area (Å²) in [5, 5.41) is 4.74. The van der Waals surface area contributed by atoms with E-state index in [1.165, 1.54) is 5.56 Å². The second-order valence-electron chi connectivity index (χ2n) is 6.23. The number of aromatic nitrogens is 2. The molecule has 0 fully saturated rings. The zero-order chi connectivity index (χ0) is 18.6. The highest BCUT2D eigenvalue weighted by Crippen LogP contribution is 2.26. The standard InChI is InChI=1S/C22H17ClN2O2/c1-15-5-7-16(8-6-15)14-26-20-4-2-3-18(13-20)21-24-22(27-25-21)17-9-11-19(23)12-10-17/h2-13H,14H2,1H3. The molecule has 4 rings (SSSR count). The van der Waals surface area contributed by atoms with Crippen LogP contribution in [0.15, 0.2) is 77.3 Å². The fraction of sp³-hybridized carbons (Fsp3) is 0.0909. The Morgan fingerprint density at radius 1 is 0.926 bits per heavy atom. The third-order valence-corrected chi connectivity index (χ3v) is 4.39. The normalized spacial score (nSPS) is 10.7. The van der Waals surface area contributed by atoms with E-state index in [4.69, 9.17) is 20.9 Å². The van der Waals surface area contributed by atoms with Crippen LogP contribution in [-0.4, -0.2) is 10.1 Å². The maximum absolute atomic E-state index is 5.92. The molecular weight excluding hydrogens is 360 g/mol. The van der Waals surface area contributed by atoms with Crippen LogP contribution < -0.4 is 4.74 Å². The molecule has 1 aromatic heterocycles. The van der Waals surface area contributed by atoms with Gasteiger partial charge in [-0.25, -0.2) is 0 Å². The van der Waals surface area contributed by atoms with Crippen LogP contribution in [0.3, 0.4) is 0 Å².